The second kappa shape index (κ2) is 9.30. The fourth-order valence-corrected chi connectivity index (χ4v) is 4.69. The normalized spacial score (nSPS) is 20.8. The second-order valence-electron chi connectivity index (χ2n) is 8.04. The number of amides is 1. The van der Waals surface area contributed by atoms with Gasteiger partial charge in [0.25, 0.3) is 5.91 Å². The third-order valence-corrected chi connectivity index (χ3v) is 6.26. The first-order valence-electron chi connectivity index (χ1n) is 10.8. The van der Waals surface area contributed by atoms with Gasteiger partial charge in [0.1, 0.15) is 28.9 Å². The molecule has 5 rings (SSSR count). The summed E-state index contributed by atoms with van der Waals surface area (Å²) >= 11 is 5.93. The molecule has 0 bridgehead atoms. The molecule has 1 saturated carbocycles. The maximum atomic E-state index is 14.0. The Balaban J connectivity index is 1.41. The van der Waals surface area contributed by atoms with E-state index >= 15 is 0 Å². The van der Waals surface area contributed by atoms with Gasteiger partial charge < -0.3 is 13.6 Å². The maximum Gasteiger partial charge on any atom is 0.343 e. The van der Waals surface area contributed by atoms with Gasteiger partial charge in [-0.15, -0.1) is 0 Å². The Labute approximate surface area is 199 Å². The van der Waals surface area contributed by atoms with Crippen molar-refractivity contribution in [2.75, 3.05) is 6.61 Å². The van der Waals surface area contributed by atoms with Crippen LogP contribution in [-0.4, -0.2) is 29.2 Å². The molecule has 1 aromatic carbocycles. The minimum Gasteiger partial charge on any atom is -0.467 e. The highest BCUT2D eigenvalue weighted by Gasteiger charge is 2.45. The molecule has 3 aromatic rings. The first-order chi connectivity index (χ1) is 16.5. The molecule has 0 spiro atoms. The summed E-state index contributed by atoms with van der Waals surface area (Å²) in [4.78, 5) is 25.6. The number of ether oxygens (including phenoxy) is 1. The Hall–Kier alpha value is -3.65. The fraction of sp³-hybridized carbons (Fsp3) is 0.240. The summed E-state index contributed by atoms with van der Waals surface area (Å²) in [7, 11) is 0. The van der Waals surface area contributed by atoms with E-state index in [2.05, 4.69) is 5.10 Å². The van der Waals surface area contributed by atoms with E-state index in [-0.39, 0.29) is 10.9 Å². The van der Waals surface area contributed by atoms with Gasteiger partial charge in [-0.2, -0.15) is 5.10 Å². The number of furan rings is 2. The van der Waals surface area contributed by atoms with E-state index < -0.39 is 35.9 Å². The van der Waals surface area contributed by atoms with E-state index in [0.29, 0.717) is 11.5 Å². The van der Waals surface area contributed by atoms with Crippen molar-refractivity contribution >= 4 is 35.3 Å². The maximum absolute atomic E-state index is 14.0. The molecule has 2 atom stereocenters. The molecule has 7 nitrogen and oxygen atoms in total. The zero-order valence-electron chi connectivity index (χ0n) is 17.9. The lowest BCUT2D eigenvalue weighted by Crippen LogP contribution is -2.34. The van der Waals surface area contributed by atoms with Gasteiger partial charge in [-0.05, 0) is 67.3 Å². The molecular formula is C25H20ClFN2O5. The number of hydrogen-bond donors (Lipinski definition) is 0. The van der Waals surface area contributed by atoms with Crippen LogP contribution in [0.1, 0.15) is 47.2 Å². The fourth-order valence-electron chi connectivity index (χ4n) is 4.45. The highest BCUT2D eigenvalue weighted by atomic mass is 35.5. The topological polar surface area (TPSA) is 85.3 Å². The van der Waals surface area contributed by atoms with Crippen LogP contribution in [0.4, 0.5) is 4.39 Å². The summed E-state index contributed by atoms with van der Waals surface area (Å²) in [6.45, 7) is -0.624. The molecule has 0 saturated heterocycles. The van der Waals surface area contributed by atoms with E-state index in [9.17, 15) is 14.0 Å². The van der Waals surface area contributed by atoms with Crippen LogP contribution >= 0.6 is 11.6 Å². The Bertz CT molecular complexity index is 1250. The van der Waals surface area contributed by atoms with Crippen LogP contribution < -0.4 is 0 Å². The lowest BCUT2D eigenvalue weighted by atomic mass is 9.79. The lowest BCUT2D eigenvalue weighted by molar-refractivity contribution is -0.137. The van der Waals surface area contributed by atoms with Gasteiger partial charge in [0.15, 0.2) is 6.61 Å². The Kier molecular flexibility index (Phi) is 6.06. The average molecular weight is 483 g/mol. The van der Waals surface area contributed by atoms with E-state index in [1.807, 2.05) is 12.1 Å². The molecule has 1 amide bonds. The van der Waals surface area contributed by atoms with Crippen LogP contribution in [0.15, 0.2) is 74.5 Å². The number of nitrogens with zero attached hydrogens (tertiary/aromatic N) is 2. The zero-order valence-corrected chi connectivity index (χ0v) is 18.7. The van der Waals surface area contributed by atoms with Crippen LogP contribution in [0.3, 0.4) is 0 Å². The zero-order chi connectivity index (χ0) is 23.7. The molecule has 0 radical (unpaired) electrons. The summed E-state index contributed by atoms with van der Waals surface area (Å²) in [6.07, 6.45) is 7.59. The number of allylic oxidation sites excluding steroid dienone is 1. The number of carbonyl (C=O) groups is 2. The standard InChI is InChI=1S/C25H20ClFN2O5/c26-18-8-2-9-19(27)22(18)25(31)34-14-21(30)29-24(20-10-4-12-33-20)17-7-1-5-15(23(17)28-29)13-16-6-3-11-32-16/h2-4,6,8-13,17,24H,1,5,7,14H2. The summed E-state index contributed by atoms with van der Waals surface area (Å²) in [6, 6.07) is 10.6. The molecule has 1 aliphatic carbocycles. The predicted octanol–water partition coefficient (Wildman–Crippen LogP) is 5.65. The monoisotopic (exact) mass is 482 g/mol. The lowest BCUT2D eigenvalue weighted by Gasteiger charge is -2.27. The summed E-state index contributed by atoms with van der Waals surface area (Å²) in [5, 5.41) is 5.84. The summed E-state index contributed by atoms with van der Waals surface area (Å²) in [5.74, 6) is -1.19. The number of hydrazone groups is 1. The first kappa shape index (κ1) is 22.2. The van der Waals surface area contributed by atoms with Crippen LogP contribution in [0.25, 0.3) is 6.08 Å². The first-order valence-corrected chi connectivity index (χ1v) is 11.2. The van der Waals surface area contributed by atoms with Gasteiger partial charge in [0.05, 0.1) is 23.3 Å². The number of halogens is 2. The van der Waals surface area contributed by atoms with Crippen molar-refractivity contribution in [2.24, 2.45) is 11.0 Å². The third-order valence-electron chi connectivity index (χ3n) is 5.95. The Morgan fingerprint density at radius 1 is 1.18 bits per heavy atom. The minimum absolute atomic E-state index is 0.0817. The van der Waals surface area contributed by atoms with Crippen molar-refractivity contribution in [1.29, 1.82) is 0 Å². The average Bonchev–Trinajstić information content (AvgIpc) is 3.58. The van der Waals surface area contributed by atoms with Gasteiger partial charge in [-0.3, -0.25) is 4.79 Å². The molecule has 9 heteroatoms. The summed E-state index contributed by atoms with van der Waals surface area (Å²) < 4.78 is 30.2. The SMILES string of the molecule is O=C(OCC(=O)N1N=C2C(=Cc3ccco3)CCCC2C1c1ccco1)c1c(F)cccc1Cl. The van der Waals surface area contributed by atoms with Gasteiger partial charge in [-0.25, -0.2) is 14.2 Å². The molecule has 1 fully saturated rings. The van der Waals surface area contributed by atoms with Gasteiger partial charge in [0.2, 0.25) is 0 Å². The van der Waals surface area contributed by atoms with E-state index in [1.165, 1.54) is 17.1 Å². The predicted molar refractivity (Wildman–Crippen MR) is 121 cm³/mol. The van der Waals surface area contributed by atoms with Crippen LogP contribution in [0, 0.1) is 11.7 Å². The Morgan fingerprint density at radius 3 is 2.74 bits per heavy atom. The quantitative estimate of drug-likeness (QED) is 0.439. The van der Waals surface area contributed by atoms with Gasteiger partial charge >= 0.3 is 5.97 Å². The number of benzene rings is 1. The molecule has 1 aliphatic heterocycles. The number of hydrogen-bond acceptors (Lipinski definition) is 6. The number of esters is 1. The van der Waals surface area contributed by atoms with Crippen molar-refractivity contribution < 1.29 is 27.6 Å². The molecule has 0 N–H and O–H groups in total. The second-order valence-corrected chi connectivity index (χ2v) is 8.45. The van der Waals surface area contributed by atoms with E-state index in [0.717, 1.165) is 36.6 Å². The van der Waals surface area contributed by atoms with Crippen molar-refractivity contribution in [2.45, 2.75) is 25.3 Å². The van der Waals surface area contributed by atoms with E-state index in [4.69, 9.17) is 25.2 Å². The van der Waals surface area contributed by atoms with Crippen molar-refractivity contribution in [3.8, 4) is 0 Å². The van der Waals surface area contributed by atoms with Gasteiger partial charge in [0, 0.05) is 5.92 Å². The number of rotatable bonds is 5. The molecule has 174 valence electrons. The van der Waals surface area contributed by atoms with Crippen LogP contribution in [-0.2, 0) is 9.53 Å². The molecule has 3 heterocycles. The smallest absolute Gasteiger partial charge is 0.343 e. The van der Waals surface area contributed by atoms with Crippen molar-refractivity contribution in [1.82, 2.24) is 5.01 Å². The van der Waals surface area contributed by atoms with Crippen LogP contribution in [0.5, 0.6) is 0 Å². The molecule has 2 aromatic heterocycles. The minimum atomic E-state index is -1.02. The van der Waals surface area contributed by atoms with Crippen LogP contribution in [0.2, 0.25) is 5.02 Å². The van der Waals surface area contributed by atoms with Crippen molar-refractivity contribution in [3.63, 3.8) is 0 Å². The molecule has 34 heavy (non-hydrogen) atoms. The third kappa shape index (κ3) is 4.17. The Morgan fingerprint density at radius 2 is 2.00 bits per heavy atom. The summed E-state index contributed by atoms with van der Waals surface area (Å²) in [5.41, 5.74) is 1.35. The highest BCUT2D eigenvalue weighted by Crippen LogP contribution is 2.44. The largest absolute Gasteiger partial charge is 0.467 e. The molecule has 2 unspecified atom stereocenters. The number of carbonyl (C=O) groups excluding carboxylic acids is 2. The van der Waals surface area contributed by atoms with Gasteiger partial charge in [-0.1, -0.05) is 17.7 Å². The number of fused-ring (bicyclic) bond motifs is 1. The molecular weight excluding hydrogens is 463 g/mol. The molecule has 2 aliphatic rings. The van der Waals surface area contributed by atoms with E-state index in [1.54, 1.807) is 30.7 Å². The van der Waals surface area contributed by atoms with Crippen molar-refractivity contribution in [3.05, 3.63) is 88.5 Å². The highest BCUT2D eigenvalue weighted by molar-refractivity contribution is 6.33.